The van der Waals surface area contributed by atoms with E-state index in [1.165, 1.54) is 4.90 Å². The Bertz CT molecular complexity index is 646. The van der Waals surface area contributed by atoms with E-state index in [1.54, 1.807) is 35.5 Å². The predicted molar refractivity (Wildman–Crippen MR) is 76.8 cm³/mol. The number of pyridine rings is 1. The first-order valence-corrected chi connectivity index (χ1v) is 7.48. The minimum atomic E-state index is -0.0582. The summed E-state index contributed by atoms with van der Waals surface area (Å²) in [5, 5.41) is 4.93. The molecule has 0 fully saturated rings. The third-order valence-electron chi connectivity index (χ3n) is 2.72. The van der Waals surface area contributed by atoms with Crippen LogP contribution >= 0.6 is 23.1 Å². The second-order valence-corrected chi connectivity index (χ2v) is 5.64. The molecule has 2 aromatic rings. The maximum Gasteiger partial charge on any atom is 0.256 e. The fraction of sp³-hybridized carbons (Fsp3) is 0.0769. The lowest BCUT2D eigenvalue weighted by molar-refractivity contribution is -0.110. The van der Waals surface area contributed by atoms with Gasteiger partial charge in [0, 0.05) is 33.1 Å². The zero-order valence-electron chi connectivity index (χ0n) is 9.64. The quantitative estimate of drug-likeness (QED) is 0.674. The fourth-order valence-corrected chi connectivity index (χ4v) is 3.38. The Labute approximate surface area is 113 Å². The molecule has 0 radical (unpaired) electrons. The molecule has 3 heterocycles. The summed E-state index contributed by atoms with van der Waals surface area (Å²) < 4.78 is 0. The highest BCUT2D eigenvalue weighted by Gasteiger charge is 2.23. The first kappa shape index (κ1) is 11.5. The maximum atomic E-state index is 11.9. The van der Waals surface area contributed by atoms with Crippen LogP contribution in [0.1, 0.15) is 10.4 Å². The average Bonchev–Trinajstić information content (AvgIpc) is 2.96. The van der Waals surface area contributed by atoms with Gasteiger partial charge in [-0.2, -0.15) is 0 Å². The molecule has 1 N–H and O–H groups in total. The van der Waals surface area contributed by atoms with Crippen molar-refractivity contribution in [2.75, 3.05) is 11.6 Å². The molecule has 3 rings (SSSR count). The Morgan fingerprint density at radius 1 is 1.50 bits per heavy atom. The summed E-state index contributed by atoms with van der Waals surface area (Å²) in [6.45, 7) is 0. The van der Waals surface area contributed by atoms with E-state index in [0.717, 1.165) is 16.1 Å². The Balaban J connectivity index is 2.04. The van der Waals surface area contributed by atoms with Crippen molar-refractivity contribution < 1.29 is 4.79 Å². The number of rotatable bonds is 2. The molecule has 1 aliphatic rings. The average molecular weight is 274 g/mol. The first-order valence-electron chi connectivity index (χ1n) is 5.38. The number of hydrogen-bond donors (Lipinski definition) is 1. The lowest BCUT2D eigenvalue weighted by Gasteiger charge is -1.95. The lowest BCUT2D eigenvalue weighted by atomic mass is 10.1. The topological polar surface area (TPSA) is 42.0 Å². The van der Waals surface area contributed by atoms with Gasteiger partial charge in [-0.05, 0) is 24.5 Å². The van der Waals surface area contributed by atoms with E-state index in [1.807, 2.05) is 18.4 Å². The third-order valence-corrected chi connectivity index (χ3v) is 4.46. The van der Waals surface area contributed by atoms with Gasteiger partial charge >= 0.3 is 0 Å². The van der Waals surface area contributed by atoms with E-state index in [0.29, 0.717) is 5.57 Å². The summed E-state index contributed by atoms with van der Waals surface area (Å²) in [7, 11) is 0. The summed E-state index contributed by atoms with van der Waals surface area (Å²) >= 11 is 3.34. The van der Waals surface area contributed by atoms with Gasteiger partial charge in [-0.3, -0.25) is 9.78 Å². The lowest BCUT2D eigenvalue weighted by Crippen LogP contribution is -2.03. The number of carbonyl (C=O) groups is 1. The van der Waals surface area contributed by atoms with Gasteiger partial charge < -0.3 is 5.32 Å². The zero-order chi connectivity index (χ0) is 12.5. The van der Waals surface area contributed by atoms with E-state index >= 15 is 0 Å². The monoisotopic (exact) mass is 274 g/mol. The molecule has 0 bridgehead atoms. The SMILES string of the molecule is CSc1csc(C=C2C(=O)Nc3ccncc32)c1. The number of aromatic nitrogens is 1. The Kier molecular flexibility index (Phi) is 2.93. The Hall–Kier alpha value is -1.59. The molecule has 0 atom stereocenters. The molecule has 0 saturated carbocycles. The van der Waals surface area contributed by atoms with Gasteiger partial charge in [0.2, 0.25) is 0 Å². The summed E-state index contributed by atoms with van der Waals surface area (Å²) in [5.41, 5.74) is 2.40. The minimum absolute atomic E-state index is 0.0582. The molecule has 0 unspecified atom stereocenters. The standard InChI is InChI=1S/C13H10N2OS2/c1-17-9-4-8(18-7-9)5-10-11-6-14-3-2-12(11)15-13(10)16/h2-7H,1H3,(H,15,16). The van der Waals surface area contributed by atoms with Crippen LogP contribution in [0.2, 0.25) is 0 Å². The highest BCUT2D eigenvalue weighted by atomic mass is 32.2. The van der Waals surface area contributed by atoms with Crippen molar-refractivity contribution in [3.63, 3.8) is 0 Å². The van der Waals surface area contributed by atoms with Crippen molar-refractivity contribution in [1.29, 1.82) is 0 Å². The van der Waals surface area contributed by atoms with Crippen molar-refractivity contribution in [3.05, 3.63) is 40.3 Å². The second-order valence-electron chi connectivity index (χ2n) is 3.82. The van der Waals surface area contributed by atoms with Gasteiger partial charge in [0.05, 0.1) is 11.3 Å². The van der Waals surface area contributed by atoms with Gasteiger partial charge in [0.15, 0.2) is 0 Å². The first-order chi connectivity index (χ1) is 8.78. The molecular weight excluding hydrogens is 264 g/mol. The van der Waals surface area contributed by atoms with E-state index in [-0.39, 0.29) is 5.91 Å². The van der Waals surface area contributed by atoms with E-state index < -0.39 is 0 Å². The van der Waals surface area contributed by atoms with Crippen LogP contribution in [0.3, 0.4) is 0 Å². The normalized spacial score (nSPS) is 15.8. The molecule has 18 heavy (non-hydrogen) atoms. The molecular formula is C13H10N2OS2. The highest BCUT2D eigenvalue weighted by Crippen LogP contribution is 2.33. The number of anilines is 1. The maximum absolute atomic E-state index is 11.9. The summed E-state index contributed by atoms with van der Waals surface area (Å²) in [5.74, 6) is -0.0582. The number of fused-ring (bicyclic) bond motifs is 1. The number of thiophene rings is 1. The largest absolute Gasteiger partial charge is 0.321 e. The second kappa shape index (κ2) is 4.59. The number of nitrogens with one attached hydrogen (secondary N) is 1. The van der Waals surface area contributed by atoms with Crippen molar-refractivity contribution >= 4 is 46.3 Å². The van der Waals surface area contributed by atoms with Gasteiger partial charge in [0.25, 0.3) is 5.91 Å². The molecule has 0 aliphatic carbocycles. The van der Waals surface area contributed by atoms with E-state index in [4.69, 9.17) is 0 Å². The van der Waals surface area contributed by atoms with Gasteiger partial charge in [-0.25, -0.2) is 0 Å². The summed E-state index contributed by atoms with van der Waals surface area (Å²) in [4.78, 5) is 18.3. The fourth-order valence-electron chi connectivity index (χ4n) is 1.83. The molecule has 0 aromatic carbocycles. The van der Waals surface area contributed by atoms with Crippen LogP contribution in [0.5, 0.6) is 0 Å². The van der Waals surface area contributed by atoms with E-state index in [9.17, 15) is 4.79 Å². The molecule has 2 aromatic heterocycles. The Morgan fingerprint density at radius 2 is 2.39 bits per heavy atom. The predicted octanol–water partition coefficient (Wildman–Crippen LogP) is 3.36. The van der Waals surface area contributed by atoms with Crippen LogP contribution in [-0.4, -0.2) is 17.1 Å². The molecule has 1 amide bonds. The van der Waals surface area contributed by atoms with Crippen LogP contribution in [0.4, 0.5) is 5.69 Å². The molecule has 0 spiro atoms. The van der Waals surface area contributed by atoms with Crippen molar-refractivity contribution in [1.82, 2.24) is 4.98 Å². The minimum Gasteiger partial charge on any atom is -0.321 e. The Morgan fingerprint density at radius 3 is 3.17 bits per heavy atom. The van der Waals surface area contributed by atoms with Gasteiger partial charge in [0.1, 0.15) is 0 Å². The van der Waals surface area contributed by atoms with Gasteiger partial charge in [-0.1, -0.05) is 0 Å². The van der Waals surface area contributed by atoms with Crippen molar-refractivity contribution in [2.24, 2.45) is 0 Å². The van der Waals surface area contributed by atoms with Crippen LogP contribution < -0.4 is 5.32 Å². The van der Waals surface area contributed by atoms with Gasteiger partial charge in [-0.15, -0.1) is 23.1 Å². The van der Waals surface area contributed by atoms with Crippen LogP contribution in [0.25, 0.3) is 11.6 Å². The number of thioether (sulfide) groups is 1. The summed E-state index contributed by atoms with van der Waals surface area (Å²) in [6.07, 6.45) is 7.37. The molecule has 90 valence electrons. The number of amides is 1. The number of hydrogen-bond acceptors (Lipinski definition) is 4. The van der Waals surface area contributed by atoms with Crippen LogP contribution in [0.15, 0.2) is 34.8 Å². The summed E-state index contributed by atoms with van der Waals surface area (Å²) in [6, 6.07) is 3.90. The number of carbonyl (C=O) groups excluding carboxylic acids is 1. The smallest absolute Gasteiger partial charge is 0.256 e. The highest BCUT2D eigenvalue weighted by molar-refractivity contribution is 7.98. The molecule has 3 nitrogen and oxygen atoms in total. The molecule has 1 aliphatic heterocycles. The van der Waals surface area contributed by atoms with Crippen molar-refractivity contribution in [3.8, 4) is 0 Å². The van der Waals surface area contributed by atoms with E-state index in [2.05, 4.69) is 21.7 Å². The number of nitrogens with zero attached hydrogens (tertiary/aromatic N) is 1. The zero-order valence-corrected chi connectivity index (χ0v) is 11.3. The van der Waals surface area contributed by atoms with Crippen LogP contribution in [-0.2, 0) is 4.79 Å². The van der Waals surface area contributed by atoms with Crippen molar-refractivity contribution in [2.45, 2.75) is 4.90 Å². The van der Waals surface area contributed by atoms with Crippen LogP contribution in [0, 0.1) is 0 Å². The third kappa shape index (κ3) is 1.95. The molecule has 0 saturated heterocycles. The molecule has 5 heteroatoms.